The average molecular weight is 225 g/mol. The van der Waals surface area contributed by atoms with E-state index in [1.54, 1.807) is 0 Å². The van der Waals surface area contributed by atoms with Gasteiger partial charge < -0.3 is 10.6 Å². The topological polar surface area (TPSA) is 29.3 Å². The summed E-state index contributed by atoms with van der Waals surface area (Å²) in [5, 5.41) is 0.793. The molecule has 15 heavy (non-hydrogen) atoms. The van der Waals surface area contributed by atoms with Crippen LogP contribution in [0.3, 0.4) is 0 Å². The fraction of sp³-hybridized carbons (Fsp3) is 0.500. The molecule has 0 atom stereocenters. The summed E-state index contributed by atoms with van der Waals surface area (Å²) >= 11 is 6.03. The summed E-state index contributed by atoms with van der Waals surface area (Å²) in [5.41, 5.74) is 8.15. The molecule has 2 N–H and O–H groups in total. The van der Waals surface area contributed by atoms with Crippen LogP contribution in [-0.4, -0.2) is 12.6 Å². The highest BCUT2D eigenvalue weighted by Gasteiger charge is 2.29. The minimum Gasteiger partial charge on any atom is -0.369 e. The van der Waals surface area contributed by atoms with Crippen molar-refractivity contribution in [2.45, 2.75) is 32.4 Å². The standard InChI is InChI=1S/C12H17ClN2/c1-2-15(11-5-6-11)12-7-10(13)4-3-9(12)8-14/h3-4,7,11H,2,5-6,8,14H2,1H3. The molecule has 1 aliphatic rings. The Morgan fingerprint density at radius 2 is 2.20 bits per heavy atom. The van der Waals surface area contributed by atoms with Crippen LogP contribution in [0.1, 0.15) is 25.3 Å². The second kappa shape index (κ2) is 4.42. The van der Waals surface area contributed by atoms with Gasteiger partial charge in [-0.1, -0.05) is 17.7 Å². The van der Waals surface area contributed by atoms with Crippen LogP contribution in [-0.2, 0) is 6.54 Å². The van der Waals surface area contributed by atoms with Gasteiger partial charge in [0.2, 0.25) is 0 Å². The summed E-state index contributed by atoms with van der Waals surface area (Å²) in [6.45, 7) is 3.78. The van der Waals surface area contributed by atoms with Crippen LogP contribution in [0.15, 0.2) is 18.2 Å². The molecule has 2 nitrogen and oxygen atoms in total. The molecule has 2 rings (SSSR count). The summed E-state index contributed by atoms with van der Waals surface area (Å²) in [4.78, 5) is 2.41. The first-order valence-corrected chi connectivity index (χ1v) is 5.89. The van der Waals surface area contributed by atoms with Crippen LogP contribution in [0.2, 0.25) is 5.02 Å². The van der Waals surface area contributed by atoms with Crippen LogP contribution < -0.4 is 10.6 Å². The SMILES string of the molecule is CCN(c1cc(Cl)ccc1CN)C1CC1. The Morgan fingerprint density at radius 3 is 2.73 bits per heavy atom. The van der Waals surface area contributed by atoms with Gasteiger partial charge in [-0.2, -0.15) is 0 Å². The number of rotatable bonds is 4. The summed E-state index contributed by atoms with van der Waals surface area (Å²) in [7, 11) is 0. The summed E-state index contributed by atoms with van der Waals surface area (Å²) in [6.07, 6.45) is 2.59. The largest absolute Gasteiger partial charge is 0.369 e. The summed E-state index contributed by atoms with van der Waals surface area (Å²) < 4.78 is 0. The molecule has 3 heteroatoms. The molecule has 0 spiro atoms. The van der Waals surface area contributed by atoms with Crippen molar-refractivity contribution < 1.29 is 0 Å². The highest BCUT2D eigenvalue weighted by atomic mass is 35.5. The van der Waals surface area contributed by atoms with E-state index in [4.69, 9.17) is 17.3 Å². The van der Waals surface area contributed by atoms with E-state index in [-0.39, 0.29) is 0 Å². The first-order chi connectivity index (χ1) is 7.26. The van der Waals surface area contributed by atoms with E-state index in [1.165, 1.54) is 24.1 Å². The van der Waals surface area contributed by atoms with Gasteiger partial charge in [-0.15, -0.1) is 0 Å². The molecule has 0 heterocycles. The molecule has 0 saturated heterocycles. The molecule has 1 fully saturated rings. The first kappa shape index (κ1) is 10.8. The Morgan fingerprint density at radius 1 is 1.47 bits per heavy atom. The molecule has 1 aromatic rings. The molecular weight excluding hydrogens is 208 g/mol. The van der Waals surface area contributed by atoms with Gasteiger partial charge in [-0.05, 0) is 37.5 Å². The van der Waals surface area contributed by atoms with E-state index in [0.717, 1.165) is 11.6 Å². The van der Waals surface area contributed by atoms with Gasteiger partial charge in [-0.3, -0.25) is 0 Å². The van der Waals surface area contributed by atoms with Crippen LogP contribution in [0.25, 0.3) is 0 Å². The Labute approximate surface area is 96.0 Å². The Kier molecular flexibility index (Phi) is 3.17. The van der Waals surface area contributed by atoms with Crippen molar-refractivity contribution in [2.24, 2.45) is 5.73 Å². The predicted octanol–water partition coefficient (Wildman–Crippen LogP) is 2.79. The molecule has 1 saturated carbocycles. The zero-order valence-corrected chi connectivity index (χ0v) is 9.80. The third kappa shape index (κ3) is 2.27. The molecule has 0 amide bonds. The molecule has 1 aromatic carbocycles. The van der Waals surface area contributed by atoms with Crippen LogP contribution in [0.4, 0.5) is 5.69 Å². The van der Waals surface area contributed by atoms with Gasteiger partial charge in [0, 0.05) is 29.8 Å². The van der Waals surface area contributed by atoms with Gasteiger partial charge in [0.1, 0.15) is 0 Å². The lowest BCUT2D eigenvalue weighted by atomic mass is 10.1. The van der Waals surface area contributed by atoms with Crippen molar-refractivity contribution in [1.29, 1.82) is 0 Å². The van der Waals surface area contributed by atoms with E-state index >= 15 is 0 Å². The number of nitrogens with two attached hydrogens (primary N) is 1. The first-order valence-electron chi connectivity index (χ1n) is 5.51. The van der Waals surface area contributed by atoms with Crippen LogP contribution in [0, 0.1) is 0 Å². The minimum absolute atomic E-state index is 0.579. The Bertz CT molecular complexity index is 347. The Balaban J connectivity index is 2.34. The second-order valence-electron chi connectivity index (χ2n) is 3.99. The van der Waals surface area contributed by atoms with E-state index in [0.29, 0.717) is 12.6 Å². The lowest BCUT2D eigenvalue weighted by molar-refractivity contribution is 0.816. The molecule has 0 aliphatic heterocycles. The maximum absolute atomic E-state index is 6.03. The molecular formula is C12H17ClN2. The normalized spacial score (nSPS) is 15.4. The van der Waals surface area contributed by atoms with Crippen molar-refractivity contribution in [1.82, 2.24) is 0 Å². The predicted molar refractivity (Wildman–Crippen MR) is 65.4 cm³/mol. The smallest absolute Gasteiger partial charge is 0.0429 e. The number of halogens is 1. The number of nitrogens with zero attached hydrogens (tertiary/aromatic N) is 1. The molecule has 0 aromatic heterocycles. The number of hydrogen-bond acceptors (Lipinski definition) is 2. The van der Waals surface area contributed by atoms with Gasteiger partial charge in [-0.25, -0.2) is 0 Å². The molecule has 1 aliphatic carbocycles. The van der Waals surface area contributed by atoms with E-state index < -0.39 is 0 Å². The number of benzene rings is 1. The van der Waals surface area contributed by atoms with Crippen molar-refractivity contribution in [3.05, 3.63) is 28.8 Å². The van der Waals surface area contributed by atoms with E-state index in [1.807, 2.05) is 18.2 Å². The van der Waals surface area contributed by atoms with Crippen molar-refractivity contribution >= 4 is 17.3 Å². The molecule has 0 radical (unpaired) electrons. The van der Waals surface area contributed by atoms with Crippen molar-refractivity contribution in [3.63, 3.8) is 0 Å². The highest BCUT2D eigenvalue weighted by Crippen LogP contribution is 2.34. The Hall–Kier alpha value is -0.730. The van der Waals surface area contributed by atoms with Crippen LogP contribution in [0.5, 0.6) is 0 Å². The van der Waals surface area contributed by atoms with E-state index in [9.17, 15) is 0 Å². The molecule has 82 valence electrons. The van der Waals surface area contributed by atoms with Crippen LogP contribution >= 0.6 is 11.6 Å². The lowest BCUT2D eigenvalue weighted by Crippen LogP contribution is -2.26. The fourth-order valence-electron chi connectivity index (χ4n) is 1.99. The molecule has 0 unspecified atom stereocenters. The summed E-state index contributed by atoms with van der Waals surface area (Å²) in [5.74, 6) is 0. The maximum Gasteiger partial charge on any atom is 0.0429 e. The zero-order valence-electron chi connectivity index (χ0n) is 9.04. The average Bonchev–Trinajstić information content (AvgIpc) is 3.04. The van der Waals surface area contributed by atoms with Gasteiger partial charge in [0.15, 0.2) is 0 Å². The number of hydrogen-bond donors (Lipinski definition) is 1. The molecule has 0 bridgehead atoms. The highest BCUT2D eigenvalue weighted by molar-refractivity contribution is 6.30. The quantitative estimate of drug-likeness (QED) is 0.852. The monoisotopic (exact) mass is 224 g/mol. The maximum atomic E-state index is 6.03. The zero-order chi connectivity index (χ0) is 10.8. The fourth-order valence-corrected chi connectivity index (χ4v) is 2.15. The lowest BCUT2D eigenvalue weighted by Gasteiger charge is -2.25. The summed E-state index contributed by atoms with van der Waals surface area (Å²) in [6, 6.07) is 6.68. The van der Waals surface area contributed by atoms with Gasteiger partial charge in [0.05, 0.1) is 0 Å². The van der Waals surface area contributed by atoms with Crippen molar-refractivity contribution in [2.75, 3.05) is 11.4 Å². The van der Waals surface area contributed by atoms with E-state index in [2.05, 4.69) is 11.8 Å². The van der Waals surface area contributed by atoms with Gasteiger partial charge >= 0.3 is 0 Å². The number of anilines is 1. The second-order valence-corrected chi connectivity index (χ2v) is 4.43. The van der Waals surface area contributed by atoms with Crippen molar-refractivity contribution in [3.8, 4) is 0 Å². The third-order valence-corrected chi connectivity index (χ3v) is 3.14. The minimum atomic E-state index is 0.579. The third-order valence-electron chi connectivity index (χ3n) is 2.91. The van der Waals surface area contributed by atoms with Gasteiger partial charge in [0.25, 0.3) is 0 Å².